The molecule has 0 radical (unpaired) electrons. The van der Waals surface area contributed by atoms with E-state index in [-0.39, 0.29) is 11.9 Å². The Morgan fingerprint density at radius 1 is 0.720 bits per heavy atom. The number of carbonyl (C=O) groups is 2. The predicted octanol–water partition coefficient (Wildman–Crippen LogP) is 2.88. The second-order valence-corrected chi connectivity index (χ2v) is 7.02. The van der Waals surface area contributed by atoms with E-state index in [1.807, 2.05) is 0 Å². The van der Waals surface area contributed by atoms with Crippen molar-refractivity contribution < 1.29 is 28.5 Å². The third-order valence-electron chi connectivity index (χ3n) is 4.87. The van der Waals surface area contributed by atoms with E-state index in [2.05, 4.69) is 0 Å². The minimum absolute atomic E-state index is 0.0577. The fraction of sp³-hybridized carbons (Fsp3) is 0.895. The average molecular weight is 356 g/mol. The molecule has 0 spiro atoms. The van der Waals surface area contributed by atoms with Crippen molar-refractivity contribution in [2.24, 2.45) is 11.8 Å². The summed E-state index contributed by atoms with van der Waals surface area (Å²) in [5.74, 6) is 0.828. The molecule has 0 amide bonds. The Kier molecular flexibility index (Phi) is 9.89. The maximum atomic E-state index is 11.2. The molecule has 0 aromatic carbocycles. The van der Waals surface area contributed by atoms with Crippen molar-refractivity contribution in [3.8, 4) is 0 Å². The molecule has 6 nitrogen and oxygen atoms in total. The van der Waals surface area contributed by atoms with Crippen LogP contribution >= 0.6 is 0 Å². The number of hydrogen-bond donors (Lipinski definition) is 0. The summed E-state index contributed by atoms with van der Waals surface area (Å²) in [4.78, 5) is 22.3. The van der Waals surface area contributed by atoms with Crippen molar-refractivity contribution in [3.63, 3.8) is 0 Å². The highest BCUT2D eigenvalue weighted by Crippen LogP contribution is 2.21. The lowest BCUT2D eigenvalue weighted by molar-refractivity contribution is -0.150. The number of cyclic esters (lactones) is 2. The monoisotopic (exact) mass is 356 g/mol. The second-order valence-electron chi connectivity index (χ2n) is 7.02. The summed E-state index contributed by atoms with van der Waals surface area (Å²) in [6, 6.07) is 0. The molecule has 144 valence electrons. The molecular formula is C19H32O6. The fourth-order valence-corrected chi connectivity index (χ4v) is 3.38. The van der Waals surface area contributed by atoms with Gasteiger partial charge in [-0.15, -0.1) is 0 Å². The number of hydrogen-bond acceptors (Lipinski definition) is 6. The Hall–Kier alpha value is -1.14. The van der Waals surface area contributed by atoms with Crippen molar-refractivity contribution in [2.45, 2.75) is 57.8 Å². The van der Waals surface area contributed by atoms with Gasteiger partial charge in [-0.05, 0) is 56.8 Å². The zero-order valence-electron chi connectivity index (χ0n) is 15.2. The second kappa shape index (κ2) is 12.3. The third-order valence-corrected chi connectivity index (χ3v) is 4.87. The molecule has 0 aromatic heterocycles. The van der Waals surface area contributed by atoms with Crippen molar-refractivity contribution in [1.82, 2.24) is 0 Å². The topological polar surface area (TPSA) is 71.1 Å². The van der Waals surface area contributed by atoms with Crippen molar-refractivity contribution >= 4 is 11.9 Å². The first-order valence-corrected chi connectivity index (χ1v) is 9.71. The van der Waals surface area contributed by atoms with Gasteiger partial charge in [0.25, 0.3) is 0 Å². The molecular weight excluding hydrogens is 324 g/mol. The van der Waals surface area contributed by atoms with E-state index in [1.54, 1.807) is 0 Å². The molecule has 6 heteroatoms. The molecule has 2 aliphatic rings. The maximum Gasteiger partial charge on any atom is 0.306 e. The van der Waals surface area contributed by atoms with Gasteiger partial charge in [0.2, 0.25) is 0 Å². The zero-order valence-corrected chi connectivity index (χ0v) is 15.2. The summed E-state index contributed by atoms with van der Waals surface area (Å²) in [6.45, 7) is 4.11. The van der Waals surface area contributed by atoms with Crippen molar-refractivity contribution in [1.29, 1.82) is 0 Å². The summed E-state index contributed by atoms with van der Waals surface area (Å²) in [6.07, 6.45) is 8.10. The van der Waals surface area contributed by atoms with Crippen LogP contribution in [0.2, 0.25) is 0 Å². The van der Waals surface area contributed by atoms with Crippen molar-refractivity contribution in [3.05, 3.63) is 0 Å². The number of rotatable bonds is 12. The zero-order chi connectivity index (χ0) is 17.7. The Morgan fingerprint density at radius 2 is 1.16 bits per heavy atom. The van der Waals surface area contributed by atoms with Gasteiger partial charge in [0.05, 0.1) is 13.2 Å². The first kappa shape index (κ1) is 20.2. The van der Waals surface area contributed by atoms with Gasteiger partial charge in [-0.3, -0.25) is 9.59 Å². The SMILES string of the molecule is O=C1CC(CCCOCCCOCCCC2CCOC(=O)C2)CCO1. The summed E-state index contributed by atoms with van der Waals surface area (Å²) >= 11 is 0. The van der Waals surface area contributed by atoms with Gasteiger partial charge >= 0.3 is 11.9 Å². The maximum absolute atomic E-state index is 11.2. The third kappa shape index (κ3) is 9.21. The van der Waals surface area contributed by atoms with E-state index in [1.165, 1.54) is 0 Å². The van der Waals surface area contributed by atoms with E-state index in [9.17, 15) is 9.59 Å². The van der Waals surface area contributed by atoms with E-state index >= 15 is 0 Å². The normalized spacial score (nSPS) is 24.0. The molecule has 2 aliphatic heterocycles. The summed E-state index contributed by atoms with van der Waals surface area (Å²) in [7, 11) is 0. The van der Waals surface area contributed by atoms with Gasteiger partial charge in [-0.1, -0.05) is 0 Å². The lowest BCUT2D eigenvalue weighted by Gasteiger charge is -2.21. The smallest absolute Gasteiger partial charge is 0.306 e. The molecule has 0 aliphatic carbocycles. The first-order valence-electron chi connectivity index (χ1n) is 9.71. The number of ether oxygens (including phenoxy) is 4. The standard InChI is InChI=1S/C19H32O6/c20-18-14-16(6-12-24-18)4-1-8-22-10-3-11-23-9-2-5-17-7-13-25-19(21)15-17/h16-17H,1-15H2. The van der Waals surface area contributed by atoms with Gasteiger partial charge in [0.1, 0.15) is 0 Å². The highest BCUT2D eigenvalue weighted by molar-refractivity contribution is 5.70. The van der Waals surface area contributed by atoms with Gasteiger partial charge in [-0.25, -0.2) is 0 Å². The van der Waals surface area contributed by atoms with Gasteiger partial charge in [0.15, 0.2) is 0 Å². The number of carbonyl (C=O) groups excluding carboxylic acids is 2. The van der Waals surface area contributed by atoms with Crippen LogP contribution in [0.1, 0.15) is 57.8 Å². The first-order chi connectivity index (χ1) is 12.2. The minimum Gasteiger partial charge on any atom is -0.466 e. The number of esters is 2. The van der Waals surface area contributed by atoms with E-state index in [0.717, 1.165) is 71.4 Å². The van der Waals surface area contributed by atoms with Crippen LogP contribution in [0.3, 0.4) is 0 Å². The van der Waals surface area contributed by atoms with Crippen LogP contribution < -0.4 is 0 Å². The fourth-order valence-electron chi connectivity index (χ4n) is 3.38. The van der Waals surface area contributed by atoms with Crippen LogP contribution in [-0.2, 0) is 28.5 Å². The van der Waals surface area contributed by atoms with Gasteiger partial charge in [-0.2, -0.15) is 0 Å². The molecule has 0 saturated carbocycles. The summed E-state index contributed by atoms with van der Waals surface area (Å²) < 4.78 is 21.1. The molecule has 2 fully saturated rings. The van der Waals surface area contributed by atoms with Gasteiger partial charge in [0, 0.05) is 39.3 Å². The van der Waals surface area contributed by atoms with E-state index < -0.39 is 0 Å². The van der Waals surface area contributed by atoms with Crippen LogP contribution in [0.25, 0.3) is 0 Å². The van der Waals surface area contributed by atoms with Crippen LogP contribution in [-0.4, -0.2) is 51.6 Å². The highest BCUT2D eigenvalue weighted by atomic mass is 16.5. The van der Waals surface area contributed by atoms with Crippen LogP contribution in [0.15, 0.2) is 0 Å². The average Bonchev–Trinajstić information content (AvgIpc) is 2.60. The summed E-state index contributed by atoms with van der Waals surface area (Å²) in [5, 5.41) is 0. The van der Waals surface area contributed by atoms with Gasteiger partial charge < -0.3 is 18.9 Å². The molecule has 25 heavy (non-hydrogen) atoms. The predicted molar refractivity (Wildman–Crippen MR) is 92.1 cm³/mol. The molecule has 0 aromatic rings. The molecule has 0 bridgehead atoms. The molecule has 2 atom stereocenters. The Bertz CT molecular complexity index is 361. The molecule has 2 unspecified atom stereocenters. The molecule has 0 N–H and O–H groups in total. The van der Waals surface area contributed by atoms with Crippen LogP contribution in [0, 0.1) is 11.8 Å². The van der Waals surface area contributed by atoms with Crippen LogP contribution in [0.4, 0.5) is 0 Å². The Labute approximate surface area is 150 Å². The Balaban J connectivity index is 1.31. The molecule has 2 rings (SSSR count). The summed E-state index contributed by atoms with van der Waals surface area (Å²) in [5.41, 5.74) is 0. The minimum atomic E-state index is -0.0577. The van der Waals surface area contributed by atoms with E-state index in [0.29, 0.717) is 37.9 Å². The highest BCUT2D eigenvalue weighted by Gasteiger charge is 2.20. The quantitative estimate of drug-likeness (QED) is 0.395. The lowest BCUT2D eigenvalue weighted by Crippen LogP contribution is -2.21. The van der Waals surface area contributed by atoms with Crippen molar-refractivity contribution in [2.75, 3.05) is 39.6 Å². The molecule has 2 heterocycles. The van der Waals surface area contributed by atoms with E-state index in [4.69, 9.17) is 18.9 Å². The van der Waals surface area contributed by atoms with Crippen LogP contribution in [0.5, 0.6) is 0 Å². The lowest BCUT2D eigenvalue weighted by atomic mass is 9.95. The molecule has 2 saturated heterocycles. The Morgan fingerprint density at radius 3 is 1.60 bits per heavy atom. The largest absolute Gasteiger partial charge is 0.466 e.